The number of benzene rings is 1. The van der Waals surface area contributed by atoms with Gasteiger partial charge in [0.05, 0.1) is 24.1 Å². The number of para-hydroxylation sites is 1. The monoisotopic (exact) mass is 261 g/mol. The molecule has 19 heavy (non-hydrogen) atoms. The molecule has 0 aliphatic rings. The molecule has 1 aromatic heterocycles. The summed E-state index contributed by atoms with van der Waals surface area (Å²) < 4.78 is 5.32. The highest BCUT2D eigenvalue weighted by molar-refractivity contribution is 5.77. The maximum Gasteiger partial charge on any atom is 0.258 e. The van der Waals surface area contributed by atoms with Crippen LogP contribution in [0.1, 0.15) is 19.7 Å². The van der Waals surface area contributed by atoms with Gasteiger partial charge in [0, 0.05) is 12.6 Å². The summed E-state index contributed by atoms with van der Waals surface area (Å²) in [6, 6.07) is 7.55. The molecule has 1 unspecified atom stereocenters. The van der Waals surface area contributed by atoms with Crippen molar-refractivity contribution in [2.75, 3.05) is 13.2 Å². The average molecular weight is 261 g/mol. The van der Waals surface area contributed by atoms with Crippen molar-refractivity contribution in [3.63, 3.8) is 0 Å². The van der Waals surface area contributed by atoms with Gasteiger partial charge in [0.2, 0.25) is 0 Å². The van der Waals surface area contributed by atoms with E-state index in [0.29, 0.717) is 31.0 Å². The molecule has 1 heterocycles. The van der Waals surface area contributed by atoms with Crippen LogP contribution < -0.4 is 10.9 Å². The summed E-state index contributed by atoms with van der Waals surface area (Å²) >= 11 is 0. The van der Waals surface area contributed by atoms with Gasteiger partial charge in [-0.15, -0.1) is 0 Å². The van der Waals surface area contributed by atoms with Crippen LogP contribution >= 0.6 is 0 Å². The van der Waals surface area contributed by atoms with E-state index < -0.39 is 0 Å². The predicted molar refractivity (Wildman–Crippen MR) is 75.2 cm³/mol. The van der Waals surface area contributed by atoms with Crippen molar-refractivity contribution < 1.29 is 4.74 Å². The summed E-state index contributed by atoms with van der Waals surface area (Å²) in [6.45, 7) is 5.88. The Balaban J connectivity index is 2.07. The average Bonchev–Trinajstić information content (AvgIpc) is 2.43. The molecule has 0 fully saturated rings. The van der Waals surface area contributed by atoms with Gasteiger partial charge in [-0.2, -0.15) is 0 Å². The van der Waals surface area contributed by atoms with Crippen molar-refractivity contribution in [2.45, 2.75) is 26.4 Å². The van der Waals surface area contributed by atoms with E-state index in [9.17, 15) is 4.79 Å². The predicted octanol–water partition coefficient (Wildman–Crippen LogP) is 1.44. The number of nitrogens with zero attached hydrogens (tertiary/aromatic N) is 1. The Labute approximate surface area is 112 Å². The van der Waals surface area contributed by atoms with Crippen LogP contribution in [-0.2, 0) is 11.3 Å². The number of aromatic amines is 1. The van der Waals surface area contributed by atoms with E-state index in [1.54, 1.807) is 6.07 Å². The highest BCUT2D eigenvalue weighted by Gasteiger charge is 2.05. The lowest BCUT2D eigenvalue weighted by Gasteiger charge is -2.13. The second-order valence-corrected chi connectivity index (χ2v) is 4.47. The van der Waals surface area contributed by atoms with Crippen molar-refractivity contribution in [1.82, 2.24) is 15.3 Å². The fourth-order valence-electron chi connectivity index (χ4n) is 1.84. The van der Waals surface area contributed by atoms with Crippen LogP contribution in [0.5, 0.6) is 0 Å². The summed E-state index contributed by atoms with van der Waals surface area (Å²) in [4.78, 5) is 19.1. The van der Waals surface area contributed by atoms with Gasteiger partial charge in [-0.05, 0) is 26.0 Å². The zero-order valence-electron chi connectivity index (χ0n) is 11.3. The number of ether oxygens (including phenoxy) is 1. The minimum Gasteiger partial charge on any atom is -0.380 e. The van der Waals surface area contributed by atoms with Crippen molar-refractivity contribution in [3.05, 3.63) is 40.4 Å². The molecular weight excluding hydrogens is 242 g/mol. The van der Waals surface area contributed by atoms with E-state index in [1.807, 2.05) is 32.0 Å². The number of rotatable bonds is 6. The molecule has 1 atom stereocenters. The molecular formula is C14H19N3O2. The van der Waals surface area contributed by atoms with E-state index in [4.69, 9.17) is 4.74 Å². The molecule has 5 nitrogen and oxygen atoms in total. The lowest BCUT2D eigenvalue weighted by atomic mass is 10.2. The molecule has 0 aliphatic heterocycles. The lowest BCUT2D eigenvalue weighted by Crippen LogP contribution is -2.31. The molecule has 0 spiro atoms. The molecule has 0 radical (unpaired) electrons. The van der Waals surface area contributed by atoms with Gasteiger partial charge in [-0.25, -0.2) is 4.98 Å². The standard InChI is InChI=1S/C14H19N3O2/c1-3-19-9-10(2)15-8-13-16-12-7-5-4-6-11(12)14(18)17-13/h4-7,10,15H,3,8-9H2,1-2H3,(H,16,17,18). The van der Waals surface area contributed by atoms with Gasteiger partial charge in [-0.3, -0.25) is 4.79 Å². The molecule has 102 valence electrons. The first-order valence-corrected chi connectivity index (χ1v) is 6.49. The molecule has 0 amide bonds. The summed E-state index contributed by atoms with van der Waals surface area (Å²) in [5.41, 5.74) is 0.625. The van der Waals surface area contributed by atoms with Gasteiger partial charge in [-0.1, -0.05) is 12.1 Å². The second-order valence-electron chi connectivity index (χ2n) is 4.47. The first kappa shape index (κ1) is 13.7. The van der Waals surface area contributed by atoms with Crippen LogP contribution in [0.25, 0.3) is 10.9 Å². The van der Waals surface area contributed by atoms with E-state index in [-0.39, 0.29) is 11.6 Å². The number of hydrogen-bond donors (Lipinski definition) is 2. The van der Waals surface area contributed by atoms with Crippen LogP contribution in [-0.4, -0.2) is 29.2 Å². The van der Waals surface area contributed by atoms with Gasteiger partial charge in [0.25, 0.3) is 5.56 Å². The SMILES string of the molecule is CCOCC(C)NCc1nc2ccccc2c(=O)[nH]1. The number of nitrogens with one attached hydrogen (secondary N) is 2. The molecule has 5 heteroatoms. The second kappa shape index (κ2) is 6.45. The van der Waals surface area contributed by atoms with Gasteiger partial charge < -0.3 is 15.0 Å². The summed E-state index contributed by atoms with van der Waals surface area (Å²) in [5, 5.41) is 3.89. The third-order valence-corrected chi connectivity index (χ3v) is 2.85. The Morgan fingerprint density at radius 1 is 1.42 bits per heavy atom. The van der Waals surface area contributed by atoms with Crippen LogP contribution in [0.3, 0.4) is 0 Å². The zero-order chi connectivity index (χ0) is 13.7. The van der Waals surface area contributed by atoms with Gasteiger partial charge in [0.1, 0.15) is 5.82 Å². The number of H-pyrrole nitrogens is 1. The maximum absolute atomic E-state index is 11.9. The lowest BCUT2D eigenvalue weighted by molar-refractivity contribution is 0.126. The van der Waals surface area contributed by atoms with Gasteiger partial charge >= 0.3 is 0 Å². The zero-order valence-corrected chi connectivity index (χ0v) is 11.3. The highest BCUT2D eigenvalue weighted by atomic mass is 16.5. The van der Waals surface area contributed by atoms with Crippen molar-refractivity contribution in [3.8, 4) is 0 Å². The van der Waals surface area contributed by atoms with Crippen molar-refractivity contribution >= 4 is 10.9 Å². The van der Waals surface area contributed by atoms with Crippen molar-refractivity contribution in [2.24, 2.45) is 0 Å². The molecule has 0 aliphatic carbocycles. The molecule has 1 aromatic carbocycles. The van der Waals surface area contributed by atoms with Crippen LogP contribution in [0, 0.1) is 0 Å². The topological polar surface area (TPSA) is 67.0 Å². The van der Waals surface area contributed by atoms with E-state index in [2.05, 4.69) is 15.3 Å². The summed E-state index contributed by atoms with van der Waals surface area (Å²) in [5.74, 6) is 0.645. The number of hydrogen-bond acceptors (Lipinski definition) is 4. The van der Waals surface area contributed by atoms with Crippen LogP contribution in [0.4, 0.5) is 0 Å². The smallest absolute Gasteiger partial charge is 0.258 e. The summed E-state index contributed by atoms with van der Waals surface area (Å²) in [6.07, 6.45) is 0. The Morgan fingerprint density at radius 3 is 3.00 bits per heavy atom. The maximum atomic E-state index is 11.9. The van der Waals surface area contributed by atoms with E-state index >= 15 is 0 Å². The fourth-order valence-corrected chi connectivity index (χ4v) is 1.84. The Bertz CT molecular complexity index is 595. The highest BCUT2D eigenvalue weighted by Crippen LogP contribution is 2.05. The first-order valence-electron chi connectivity index (χ1n) is 6.49. The minimum atomic E-state index is -0.0974. The molecule has 0 saturated carbocycles. The third kappa shape index (κ3) is 3.62. The van der Waals surface area contributed by atoms with E-state index in [1.165, 1.54) is 0 Å². The molecule has 0 bridgehead atoms. The summed E-state index contributed by atoms with van der Waals surface area (Å²) in [7, 11) is 0. The van der Waals surface area contributed by atoms with E-state index in [0.717, 1.165) is 5.52 Å². The third-order valence-electron chi connectivity index (χ3n) is 2.85. The van der Waals surface area contributed by atoms with Crippen LogP contribution in [0.2, 0.25) is 0 Å². The Morgan fingerprint density at radius 2 is 2.21 bits per heavy atom. The Kier molecular flexibility index (Phi) is 4.65. The molecule has 0 saturated heterocycles. The van der Waals surface area contributed by atoms with Crippen molar-refractivity contribution in [1.29, 1.82) is 0 Å². The molecule has 2 rings (SSSR count). The number of fused-ring (bicyclic) bond motifs is 1. The largest absolute Gasteiger partial charge is 0.380 e. The van der Waals surface area contributed by atoms with Crippen LogP contribution in [0.15, 0.2) is 29.1 Å². The normalized spacial score (nSPS) is 12.7. The Hall–Kier alpha value is -1.72. The minimum absolute atomic E-state index is 0.0974. The molecule has 2 aromatic rings. The fraction of sp³-hybridized carbons (Fsp3) is 0.429. The quantitative estimate of drug-likeness (QED) is 0.825. The first-order chi connectivity index (χ1) is 9.20. The number of aromatic nitrogens is 2. The van der Waals surface area contributed by atoms with Gasteiger partial charge in [0.15, 0.2) is 0 Å². The molecule has 2 N–H and O–H groups in total.